The van der Waals surface area contributed by atoms with Crippen molar-refractivity contribution in [2.75, 3.05) is 35.7 Å². The highest BCUT2D eigenvalue weighted by Crippen LogP contribution is 2.24. The van der Waals surface area contributed by atoms with Gasteiger partial charge in [-0.1, -0.05) is 0 Å². The first kappa shape index (κ1) is 19.9. The zero-order valence-electron chi connectivity index (χ0n) is 16.6. The Morgan fingerprint density at radius 1 is 1.20 bits per heavy atom. The van der Waals surface area contributed by atoms with Gasteiger partial charge in [0.25, 0.3) is 0 Å². The first-order valence-corrected chi connectivity index (χ1v) is 9.31. The number of rotatable bonds is 7. The number of aromatic amines is 1. The number of nitrogens with one attached hydrogen (secondary N) is 3. The number of halogens is 2. The van der Waals surface area contributed by atoms with Crippen LogP contribution in [0.3, 0.4) is 0 Å². The molecule has 4 rings (SSSR count). The average molecular weight is 417 g/mol. The third-order valence-corrected chi connectivity index (χ3v) is 4.63. The Kier molecular flexibility index (Phi) is 5.40. The molecule has 3 aromatic heterocycles. The highest BCUT2D eigenvalue weighted by atomic mass is 19.1. The van der Waals surface area contributed by atoms with Gasteiger partial charge in [0, 0.05) is 38.0 Å². The topological polar surface area (TPSA) is 117 Å². The summed E-state index contributed by atoms with van der Waals surface area (Å²) in [5, 5.41) is 13.0. The second kappa shape index (κ2) is 8.14. The first-order chi connectivity index (χ1) is 14.4. The molecule has 0 radical (unpaired) electrons. The summed E-state index contributed by atoms with van der Waals surface area (Å²) in [7, 11) is 1.65. The number of hydrogen-bond acceptors (Lipinski definition) is 9. The van der Waals surface area contributed by atoms with Crippen LogP contribution >= 0.6 is 0 Å². The van der Waals surface area contributed by atoms with Gasteiger partial charge in [0.05, 0.1) is 24.0 Å². The third-order valence-electron chi connectivity index (χ3n) is 4.63. The summed E-state index contributed by atoms with van der Waals surface area (Å²) >= 11 is 0. The van der Waals surface area contributed by atoms with E-state index in [0.29, 0.717) is 24.9 Å². The van der Waals surface area contributed by atoms with Gasteiger partial charge in [-0.05, 0) is 13.8 Å². The van der Waals surface area contributed by atoms with Gasteiger partial charge < -0.3 is 20.3 Å². The van der Waals surface area contributed by atoms with E-state index in [0.717, 1.165) is 18.0 Å². The fraction of sp³-hybridized carbons (Fsp3) is 0.389. The molecule has 3 aromatic rings. The van der Waals surface area contributed by atoms with E-state index in [4.69, 9.17) is 4.74 Å². The Hall–Kier alpha value is -3.41. The van der Waals surface area contributed by atoms with Crippen LogP contribution in [-0.2, 0) is 4.74 Å². The average Bonchev–Trinajstić information content (AvgIpc) is 3.05. The fourth-order valence-corrected chi connectivity index (χ4v) is 2.98. The van der Waals surface area contributed by atoms with E-state index in [1.54, 1.807) is 14.0 Å². The lowest BCUT2D eigenvalue weighted by molar-refractivity contribution is 0.0778. The molecule has 1 aliphatic rings. The molecule has 0 saturated carbocycles. The first-order valence-electron chi connectivity index (χ1n) is 9.31. The van der Waals surface area contributed by atoms with E-state index in [2.05, 4.69) is 40.8 Å². The van der Waals surface area contributed by atoms with E-state index >= 15 is 0 Å². The molecular weight excluding hydrogens is 396 g/mol. The maximum absolute atomic E-state index is 14.1. The molecule has 30 heavy (non-hydrogen) atoms. The molecule has 0 aromatic carbocycles. The van der Waals surface area contributed by atoms with Gasteiger partial charge in [-0.15, -0.1) is 0 Å². The SMILES string of the molecule is COC1CN(c2nc(Nc3cc(C)[nH]n3)nc(NC(C)c3ncc(F)cc3F)n2)C1. The second-order valence-corrected chi connectivity index (χ2v) is 6.99. The molecule has 1 aliphatic heterocycles. The lowest BCUT2D eigenvalue weighted by Crippen LogP contribution is -2.52. The molecule has 3 N–H and O–H groups in total. The smallest absolute Gasteiger partial charge is 0.235 e. The van der Waals surface area contributed by atoms with Crippen LogP contribution in [0.1, 0.15) is 24.4 Å². The van der Waals surface area contributed by atoms with Gasteiger partial charge in [0.1, 0.15) is 11.6 Å². The van der Waals surface area contributed by atoms with E-state index in [1.807, 2.05) is 17.9 Å². The van der Waals surface area contributed by atoms with Crippen molar-refractivity contribution in [1.29, 1.82) is 0 Å². The summed E-state index contributed by atoms with van der Waals surface area (Å²) in [5.74, 6) is -0.00992. The summed E-state index contributed by atoms with van der Waals surface area (Å²) < 4.78 is 32.5. The Morgan fingerprint density at radius 3 is 2.63 bits per heavy atom. The van der Waals surface area contributed by atoms with Crippen LogP contribution < -0.4 is 15.5 Å². The number of aromatic nitrogens is 6. The van der Waals surface area contributed by atoms with Crippen LogP contribution in [-0.4, -0.2) is 56.4 Å². The molecule has 10 nitrogen and oxygen atoms in total. The van der Waals surface area contributed by atoms with Gasteiger partial charge in [0.15, 0.2) is 5.82 Å². The molecule has 12 heteroatoms. The van der Waals surface area contributed by atoms with E-state index < -0.39 is 17.7 Å². The Bertz CT molecular complexity index is 1040. The fourth-order valence-electron chi connectivity index (χ4n) is 2.98. The number of pyridine rings is 1. The van der Waals surface area contributed by atoms with Crippen LogP contribution in [0.5, 0.6) is 0 Å². The van der Waals surface area contributed by atoms with Crippen molar-refractivity contribution in [2.24, 2.45) is 0 Å². The highest BCUT2D eigenvalue weighted by Gasteiger charge is 2.29. The maximum Gasteiger partial charge on any atom is 0.235 e. The summed E-state index contributed by atoms with van der Waals surface area (Å²) in [5.41, 5.74) is 0.932. The Balaban J connectivity index is 1.59. The molecule has 1 fully saturated rings. The Morgan fingerprint density at radius 2 is 1.97 bits per heavy atom. The summed E-state index contributed by atoms with van der Waals surface area (Å²) in [6.07, 6.45) is 1.08. The van der Waals surface area contributed by atoms with Gasteiger partial charge in [-0.3, -0.25) is 10.1 Å². The van der Waals surface area contributed by atoms with Crippen molar-refractivity contribution >= 4 is 23.7 Å². The maximum atomic E-state index is 14.1. The molecule has 158 valence electrons. The van der Waals surface area contributed by atoms with E-state index in [1.165, 1.54) is 0 Å². The van der Waals surface area contributed by atoms with Crippen LogP contribution in [0, 0.1) is 18.6 Å². The molecule has 1 unspecified atom stereocenters. The minimum Gasteiger partial charge on any atom is -0.378 e. The minimum absolute atomic E-state index is 0.0548. The minimum atomic E-state index is -0.750. The van der Waals surface area contributed by atoms with Crippen LogP contribution in [0.25, 0.3) is 0 Å². The zero-order chi connectivity index (χ0) is 21.3. The largest absolute Gasteiger partial charge is 0.378 e. The van der Waals surface area contributed by atoms with E-state index in [-0.39, 0.29) is 23.7 Å². The number of H-pyrrole nitrogens is 1. The van der Waals surface area contributed by atoms with Crippen molar-refractivity contribution < 1.29 is 13.5 Å². The summed E-state index contributed by atoms with van der Waals surface area (Å²) in [6, 6.07) is 1.99. The number of methoxy groups -OCH3 is 1. The normalized spacial score (nSPS) is 15.0. The Labute approximate surface area is 171 Å². The van der Waals surface area contributed by atoms with Crippen molar-refractivity contribution in [3.8, 4) is 0 Å². The van der Waals surface area contributed by atoms with Crippen LogP contribution in [0.2, 0.25) is 0 Å². The van der Waals surface area contributed by atoms with Gasteiger partial charge in [-0.2, -0.15) is 20.1 Å². The number of hydrogen-bond donors (Lipinski definition) is 3. The van der Waals surface area contributed by atoms with Crippen molar-refractivity contribution in [1.82, 2.24) is 30.1 Å². The van der Waals surface area contributed by atoms with Gasteiger partial charge in [0.2, 0.25) is 17.8 Å². The molecule has 0 amide bonds. The predicted octanol–water partition coefficient (Wildman–Crippen LogP) is 2.33. The van der Waals surface area contributed by atoms with Crippen molar-refractivity contribution in [3.05, 3.63) is 41.4 Å². The van der Waals surface area contributed by atoms with Crippen LogP contribution in [0.15, 0.2) is 18.3 Å². The molecule has 0 aliphatic carbocycles. The zero-order valence-corrected chi connectivity index (χ0v) is 16.6. The molecule has 1 saturated heterocycles. The molecule has 0 spiro atoms. The quantitative estimate of drug-likeness (QED) is 0.532. The van der Waals surface area contributed by atoms with Crippen LogP contribution in [0.4, 0.5) is 32.4 Å². The number of nitrogens with zero attached hydrogens (tertiary/aromatic N) is 6. The number of anilines is 4. The molecule has 4 heterocycles. The standard InChI is InChI=1S/C18H21F2N9O/c1-9-4-14(28-27-9)23-17-24-16(25-18(26-17)29-7-12(8-29)30-3)22-10(2)15-13(20)5-11(19)6-21-15/h4-6,10,12H,7-8H2,1-3H3,(H3,22,23,24,25,26,27,28). The number of ether oxygens (including phenoxy) is 1. The second-order valence-electron chi connectivity index (χ2n) is 6.99. The van der Waals surface area contributed by atoms with Crippen molar-refractivity contribution in [3.63, 3.8) is 0 Å². The summed E-state index contributed by atoms with van der Waals surface area (Å²) in [4.78, 5) is 19.0. The van der Waals surface area contributed by atoms with Crippen molar-refractivity contribution in [2.45, 2.75) is 26.0 Å². The monoisotopic (exact) mass is 417 g/mol. The number of aryl methyl sites for hydroxylation is 1. The summed E-state index contributed by atoms with van der Waals surface area (Å²) in [6.45, 7) is 4.84. The molecular formula is C18H21F2N9O. The molecule has 0 bridgehead atoms. The third kappa shape index (κ3) is 4.27. The van der Waals surface area contributed by atoms with Gasteiger partial charge >= 0.3 is 0 Å². The lowest BCUT2D eigenvalue weighted by Gasteiger charge is -2.38. The predicted molar refractivity (Wildman–Crippen MR) is 106 cm³/mol. The molecule has 1 atom stereocenters. The van der Waals surface area contributed by atoms with E-state index in [9.17, 15) is 8.78 Å². The highest BCUT2D eigenvalue weighted by molar-refractivity contribution is 5.53. The lowest BCUT2D eigenvalue weighted by atomic mass is 10.2. The van der Waals surface area contributed by atoms with Gasteiger partial charge in [-0.25, -0.2) is 8.78 Å².